The first kappa shape index (κ1) is 17.4. The molecule has 0 bridgehead atoms. The molecule has 3 rings (SSSR count). The zero-order valence-corrected chi connectivity index (χ0v) is 14.4. The second-order valence-electron chi connectivity index (χ2n) is 5.61. The van der Waals surface area contributed by atoms with Crippen LogP contribution in [-0.2, 0) is 4.79 Å². The Labute approximate surface area is 151 Å². The van der Waals surface area contributed by atoms with Crippen molar-refractivity contribution in [3.05, 3.63) is 60.4 Å². The minimum Gasteiger partial charge on any atom is -0.484 e. The van der Waals surface area contributed by atoms with E-state index in [1.165, 1.54) is 0 Å². The molecule has 0 spiro atoms. The van der Waals surface area contributed by atoms with Gasteiger partial charge in [0, 0.05) is 25.5 Å². The molecule has 26 heavy (non-hydrogen) atoms. The van der Waals surface area contributed by atoms with Crippen LogP contribution in [0.4, 0.5) is 5.82 Å². The quantitative estimate of drug-likeness (QED) is 0.598. The van der Waals surface area contributed by atoms with Gasteiger partial charge in [0.25, 0.3) is 5.91 Å². The van der Waals surface area contributed by atoms with Crippen LogP contribution >= 0.6 is 0 Å². The third-order valence-corrected chi connectivity index (χ3v) is 3.50. The smallest absolute Gasteiger partial charge is 0.258 e. The predicted molar refractivity (Wildman–Crippen MR) is 97.3 cm³/mol. The summed E-state index contributed by atoms with van der Waals surface area (Å²) in [5.41, 5.74) is 1.09. The fourth-order valence-corrected chi connectivity index (χ4v) is 2.24. The largest absolute Gasteiger partial charge is 0.484 e. The van der Waals surface area contributed by atoms with Gasteiger partial charge in [-0.15, -0.1) is 10.2 Å². The molecule has 8 nitrogen and oxygen atoms in total. The number of amides is 1. The van der Waals surface area contributed by atoms with Gasteiger partial charge in [-0.2, -0.15) is 5.10 Å². The summed E-state index contributed by atoms with van der Waals surface area (Å²) in [6, 6.07) is 13.0. The van der Waals surface area contributed by atoms with Crippen LogP contribution in [0.25, 0.3) is 5.82 Å². The molecule has 0 saturated carbocycles. The van der Waals surface area contributed by atoms with E-state index >= 15 is 0 Å². The fourth-order valence-electron chi connectivity index (χ4n) is 2.24. The second kappa shape index (κ2) is 8.61. The van der Waals surface area contributed by atoms with Crippen molar-refractivity contribution in [2.45, 2.75) is 6.92 Å². The highest BCUT2D eigenvalue weighted by molar-refractivity contribution is 5.77. The molecule has 2 N–H and O–H groups in total. The Morgan fingerprint density at radius 3 is 2.81 bits per heavy atom. The third kappa shape index (κ3) is 5.04. The van der Waals surface area contributed by atoms with Gasteiger partial charge in [-0.05, 0) is 42.8 Å². The van der Waals surface area contributed by atoms with Crippen molar-refractivity contribution in [3.8, 4) is 11.6 Å². The van der Waals surface area contributed by atoms with Crippen molar-refractivity contribution >= 4 is 11.7 Å². The van der Waals surface area contributed by atoms with Crippen LogP contribution < -0.4 is 15.4 Å². The number of nitrogens with one attached hydrogen (secondary N) is 2. The maximum Gasteiger partial charge on any atom is 0.258 e. The molecule has 0 unspecified atom stereocenters. The maximum atomic E-state index is 11.8. The molecule has 1 aromatic carbocycles. The minimum atomic E-state index is -0.173. The number of hydrogen-bond donors (Lipinski definition) is 2. The average molecular weight is 352 g/mol. The van der Waals surface area contributed by atoms with E-state index in [1.807, 2.05) is 49.4 Å². The van der Waals surface area contributed by atoms with Crippen molar-refractivity contribution in [1.29, 1.82) is 0 Å². The number of benzene rings is 1. The highest BCUT2D eigenvalue weighted by Gasteiger charge is 2.03. The van der Waals surface area contributed by atoms with E-state index in [4.69, 9.17) is 4.74 Å². The Hall–Kier alpha value is -3.42. The van der Waals surface area contributed by atoms with Gasteiger partial charge in [0.1, 0.15) is 11.6 Å². The van der Waals surface area contributed by atoms with Crippen LogP contribution in [0.15, 0.2) is 54.9 Å². The Morgan fingerprint density at radius 1 is 1.15 bits per heavy atom. The molecule has 0 radical (unpaired) electrons. The maximum absolute atomic E-state index is 11.8. The highest BCUT2D eigenvalue weighted by atomic mass is 16.5. The number of ether oxygens (including phenoxy) is 1. The normalized spacial score (nSPS) is 10.3. The summed E-state index contributed by atoms with van der Waals surface area (Å²) in [6.07, 6.45) is 3.48. The van der Waals surface area contributed by atoms with Crippen molar-refractivity contribution in [2.75, 3.05) is 25.0 Å². The predicted octanol–water partition coefficient (Wildman–Crippen LogP) is 1.58. The summed E-state index contributed by atoms with van der Waals surface area (Å²) in [4.78, 5) is 11.8. The molecular weight excluding hydrogens is 332 g/mol. The Balaban J connectivity index is 1.35. The van der Waals surface area contributed by atoms with Gasteiger partial charge in [-0.3, -0.25) is 4.79 Å². The molecule has 1 amide bonds. The number of carbonyl (C=O) groups excluding carboxylic acids is 1. The molecule has 0 aliphatic rings. The summed E-state index contributed by atoms with van der Waals surface area (Å²) in [5.74, 6) is 1.78. The Bertz CT molecular complexity index is 833. The molecule has 8 heteroatoms. The molecule has 0 fully saturated rings. The summed E-state index contributed by atoms with van der Waals surface area (Å²) >= 11 is 0. The lowest BCUT2D eigenvalue weighted by molar-refractivity contribution is -0.123. The summed E-state index contributed by atoms with van der Waals surface area (Å²) in [5, 5.41) is 18.1. The van der Waals surface area contributed by atoms with E-state index in [-0.39, 0.29) is 12.5 Å². The molecule has 134 valence electrons. The number of nitrogens with zero attached hydrogens (tertiary/aromatic N) is 4. The van der Waals surface area contributed by atoms with Crippen LogP contribution in [0.5, 0.6) is 5.75 Å². The van der Waals surface area contributed by atoms with Gasteiger partial charge in [0.2, 0.25) is 0 Å². The molecule has 0 aliphatic heterocycles. The molecule has 0 atom stereocenters. The van der Waals surface area contributed by atoms with Crippen molar-refractivity contribution < 1.29 is 9.53 Å². The van der Waals surface area contributed by atoms with E-state index in [9.17, 15) is 4.79 Å². The summed E-state index contributed by atoms with van der Waals surface area (Å²) in [6.45, 7) is 2.95. The number of aryl methyl sites for hydroxylation is 1. The molecule has 2 aromatic heterocycles. The highest BCUT2D eigenvalue weighted by Crippen LogP contribution is 2.11. The fraction of sp³-hybridized carbons (Fsp3) is 0.222. The van der Waals surface area contributed by atoms with Gasteiger partial charge in [-0.1, -0.05) is 12.1 Å². The zero-order chi connectivity index (χ0) is 18.2. The average Bonchev–Trinajstić information content (AvgIpc) is 3.19. The summed E-state index contributed by atoms with van der Waals surface area (Å²) < 4.78 is 7.08. The molecule has 2 heterocycles. The first-order valence-electron chi connectivity index (χ1n) is 8.24. The minimum absolute atomic E-state index is 0.0121. The van der Waals surface area contributed by atoms with Gasteiger partial charge < -0.3 is 15.4 Å². The van der Waals surface area contributed by atoms with Crippen molar-refractivity contribution in [2.24, 2.45) is 0 Å². The topological polar surface area (TPSA) is 94.0 Å². The van der Waals surface area contributed by atoms with Gasteiger partial charge in [0.15, 0.2) is 12.4 Å². The van der Waals surface area contributed by atoms with Crippen molar-refractivity contribution in [3.63, 3.8) is 0 Å². The number of aromatic nitrogens is 4. The van der Waals surface area contributed by atoms with E-state index in [2.05, 4.69) is 25.9 Å². The molecular formula is C18H20N6O2. The third-order valence-electron chi connectivity index (χ3n) is 3.50. The van der Waals surface area contributed by atoms with Gasteiger partial charge >= 0.3 is 0 Å². The zero-order valence-electron chi connectivity index (χ0n) is 14.4. The Kier molecular flexibility index (Phi) is 5.76. The Morgan fingerprint density at radius 2 is 2.08 bits per heavy atom. The van der Waals surface area contributed by atoms with Crippen LogP contribution in [-0.4, -0.2) is 45.6 Å². The molecule has 0 saturated heterocycles. The lowest BCUT2D eigenvalue weighted by Crippen LogP contribution is -2.32. The molecule has 0 aliphatic carbocycles. The van der Waals surface area contributed by atoms with Crippen LogP contribution in [0.1, 0.15) is 5.56 Å². The van der Waals surface area contributed by atoms with E-state index in [0.29, 0.717) is 30.5 Å². The lowest BCUT2D eigenvalue weighted by atomic mass is 10.2. The van der Waals surface area contributed by atoms with Gasteiger partial charge in [-0.25, -0.2) is 4.68 Å². The monoisotopic (exact) mass is 352 g/mol. The van der Waals surface area contributed by atoms with Crippen LogP contribution in [0.2, 0.25) is 0 Å². The van der Waals surface area contributed by atoms with E-state index < -0.39 is 0 Å². The van der Waals surface area contributed by atoms with Crippen LogP contribution in [0, 0.1) is 6.92 Å². The number of rotatable bonds is 8. The van der Waals surface area contributed by atoms with Crippen molar-refractivity contribution in [1.82, 2.24) is 25.3 Å². The number of hydrogen-bond acceptors (Lipinski definition) is 6. The SMILES string of the molecule is Cc1cccc(OCC(=O)NCCNc2ccc(-n3cccn3)nn2)c1. The standard InChI is InChI=1S/C18H20N6O2/c1-14-4-2-5-15(12-14)26-13-18(25)20-10-9-19-16-6-7-17(23-22-16)24-11-3-8-21-24/h2-8,11-12H,9-10,13H2,1H3,(H,19,22)(H,20,25). The first-order valence-corrected chi connectivity index (χ1v) is 8.24. The lowest BCUT2D eigenvalue weighted by Gasteiger charge is -2.09. The number of anilines is 1. The first-order chi connectivity index (χ1) is 12.7. The second-order valence-corrected chi connectivity index (χ2v) is 5.61. The van der Waals surface area contributed by atoms with Crippen LogP contribution in [0.3, 0.4) is 0 Å². The van der Waals surface area contributed by atoms with Gasteiger partial charge in [0.05, 0.1) is 0 Å². The molecule has 3 aromatic rings. The van der Waals surface area contributed by atoms with E-state index in [0.717, 1.165) is 5.56 Å². The van der Waals surface area contributed by atoms with E-state index in [1.54, 1.807) is 17.1 Å². The summed E-state index contributed by atoms with van der Waals surface area (Å²) in [7, 11) is 0. The number of carbonyl (C=O) groups is 1.